The van der Waals surface area contributed by atoms with Crippen LogP contribution in [0.2, 0.25) is 0 Å². The van der Waals surface area contributed by atoms with E-state index in [2.05, 4.69) is 29.3 Å². The van der Waals surface area contributed by atoms with Crippen molar-refractivity contribution in [3.8, 4) is 5.75 Å². The highest BCUT2D eigenvalue weighted by Crippen LogP contribution is 2.28. The second-order valence-electron chi connectivity index (χ2n) is 6.06. The van der Waals surface area contributed by atoms with Gasteiger partial charge in [0.15, 0.2) is 0 Å². The topological polar surface area (TPSA) is 75.7 Å². The summed E-state index contributed by atoms with van der Waals surface area (Å²) >= 11 is 0. The van der Waals surface area contributed by atoms with Crippen molar-refractivity contribution in [1.82, 2.24) is 4.98 Å². The van der Waals surface area contributed by atoms with E-state index < -0.39 is 6.09 Å². The normalized spacial score (nSPS) is 14.9. The Labute approximate surface area is 147 Å². The number of fused-ring (bicyclic) bond motifs is 1. The van der Waals surface area contributed by atoms with Gasteiger partial charge in [-0.2, -0.15) is 0 Å². The quantitative estimate of drug-likeness (QED) is 0.647. The summed E-state index contributed by atoms with van der Waals surface area (Å²) in [5.41, 5.74) is 6.22. The van der Waals surface area contributed by atoms with Crippen molar-refractivity contribution >= 4 is 17.5 Å². The lowest BCUT2D eigenvalue weighted by Gasteiger charge is -2.15. The number of nitrogens with one attached hydrogen (secondary N) is 2. The number of hydrogen-bond acceptors (Lipinski definition) is 4. The molecule has 0 saturated carbocycles. The van der Waals surface area contributed by atoms with Gasteiger partial charge in [-0.25, -0.2) is 4.79 Å². The molecular formula is C19H23N3O3. The minimum atomic E-state index is -0.602. The highest BCUT2D eigenvalue weighted by Gasteiger charge is 2.23. The molecule has 3 rings (SSSR count). The highest BCUT2D eigenvalue weighted by molar-refractivity contribution is 6.04. The molecular weight excluding hydrogens is 318 g/mol. The van der Waals surface area contributed by atoms with Crippen LogP contribution in [0.15, 0.2) is 29.4 Å². The smallest absolute Gasteiger partial charge is 0.437 e. The second-order valence-corrected chi connectivity index (χ2v) is 6.06. The van der Waals surface area contributed by atoms with Crippen LogP contribution >= 0.6 is 0 Å². The maximum atomic E-state index is 12.0. The molecule has 6 nitrogen and oxygen atoms in total. The average Bonchev–Trinajstić information content (AvgIpc) is 2.96. The van der Waals surface area contributed by atoms with Crippen molar-refractivity contribution in [3.63, 3.8) is 0 Å². The predicted octanol–water partition coefficient (Wildman–Crippen LogP) is 4.18. The van der Waals surface area contributed by atoms with Crippen LogP contribution in [0.3, 0.4) is 0 Å². The molecule has 1 heterocycles. The lowest BCUT2D eigenvalue weighted by Crippen LogP contribution is -2.16. The molecule has 1 aliphatic rings. The lowest BCUT2D eigenvalue weighted by atomic mass is 9.92. The first-order valence-corrected chi connectivity index (χ1v) is 8.52. The third-order valence-electron chi connectivity index (χ3n) is 4.45. The molecule has 1 aliphatic carbocycles. The Hall–Kier alpha value is -2.76. The van der Waals surface area contributed by atoms with Crippen LogP contribution in [0.1, 0.15) is 42.3 Å². The van der Waals surface area contributed by atoms with Gasteiger partial charge in [-0.05, 0) is 62.4 Å². The molecule has 0 radical (unpaired) electrons. The number of oxime groups is 1. The number of methoxy groups -OCH3 is 1. The molecule has 1 aromatic heterocycles. The highest BCUT2D eigenvalue weighted by atomic mass is 16.7. The number of rotatable bonds is 4. The Morgan fingerprint density at radius 3 is 2.72 bits per heavy atom. The Balaban J connectivity index is 1.71. The summed E-state index contributed by atoms with van der Waals surface area (Å²) in [6, 6.07) is 7.03. The fourth-order valence-corrected chi connectivity index (χ4v) is 3.27. The summed E-state index contributed by atoms with van der Waals surface area (Å²) in [7, 11) is 1.60. The van der Waals surface area contributed by atoms with E-state index in [4.69, 9.17) is 9.57 Å². The molecule has 6 heteroatoms. The monoisotopic (exact) mass is 341 g/mol. The van der Waals surface area contributed by atoms with Gasteiger partial charge in [0.25, 0.3) is 0 Å². The lowest BCUT2D eigenvalue weighted by molar-refractivity contribution is 0.166. The summed E-state index contributed by atoms with van der Waals surface area (Å²) in [4.78, 5) is 20.5. The van der Waals surface area contributed by atoms with Gasteiger partial charge in [-0.15, -0.1) is 0 Å². The Kier molecular flexibility index (Phi) is 5.07. The summed E-state index contributed by atoms with van der Waals surface area (Å²) in [6.07, 6.45) is 3.14. The summed E-state index contributed by atoms with van der Waals surface area (Å²) < 4.78 is 5.09. The molecule has 132 valence electrons. The van der Waals surface area contributed by atoms with Crippen LogP contribution in [-0.4, -0.2) is 23.9 Å². The van der Waals surface area contributed by atoms with Gasteiger partial charge in [0.05, 0.1) is 12.8 Å². The van der Waals surface area contributed by atoms with Gasteiger partial charge < -0.3 is 9.72 Å². The number of nitrogens with zero attached hydrogens (tertiary/aromatic N) is 1. The van der Waals surface area contributed by atoms with Gasteiger partial charge in [0.2, 0.25) is 0 Å². The maximum absolute atomic E-state index is 12.0. The van der Waals surface area contributed by atoms with Crippen molar-refractivity contribution in [2.24, 2.45) is 5.16 Å². The molecule has 0 aliphatic heterocycles. The number of carbonyl (C=O) groups is 1. The molecule has 25 heavy (non-hydrogen) atoms. The van der Waals surface area contributed by atoms with Crippen molar-refractivity contribution in [2.45, 2.75) is 39.5 Å². The number of aromatic amines is 1. The van der Waals surface area contributed by atoms with E-state index in [9.17, 15) is 4.79 Å². The van der Waals surface area contributed by atoms with E-state index in [1.165, 1.54) is 17.0 Å². The number of hydrogen-bond donors (Lipinski definition) is 2. The van der Waals surface area contributed by atoms with Crippen molar-refractivity contribution in [3.05, 3.63) is 46.8 Å². The number of ether oxygens (including phenoxy) is 1. The van der Waals surface area contributed by atoms with Crippen molar-refractivity contribution in [1.29, 1.82) is 0 Å². The van der Waals surface area contributed by atoms with Crippen LogP contribution in [0.5, 0.6) is 5.75 Å². The zero-order valence-electron chi connectivity index (χ0n) is 14.8. The summed E-state index contributed by atoms with van der Waals surface area (Å²) in [5, 5.41) is 6.80. The van der Waals surface area contributed by atoms with E-state index >= 15 is 0 Å². The third-order valence-corrected chi connectivity index (χ3v) is 4.45. The molecule has 0 fully saturated rings. The Bertz CT molecular complexity index is 791. The molecule has 1 amide bonds. The van der Waals surface area contributed by atoms with Crippen LogP contribution in [0, 0.1) is 6.92 Å². The number of anilines is 1. The molecule has 0 saturated heterocycles. The predicted molar refractivity (Wildman–Crippen MR) is 97.5 cm³/mol. The molecule has 0 spiro atoms. The minimum Gasteiger partial charge on any atom is -0.497 e. The van der Waals surface area contributed by atoms with Gasteiger partial charge in [0, 0.05) is 22.6 Å². The Morgan fingerprint density at radius 1 is 1.28 bits per heavy atom. The molecule has 0 atom stereocenters. The molecule has 2 N–H and O–H groups in total. The van der Waals surface area contributed by atoms with Gasteiger partial charge in [0.1, 0.15) is 5.75 Å². The van der Waals surface area contributed by atoms with Crippen molar-refractivity contribution in [2.75, 3.05) is 12.4 Å². The average molecular weight is 341 g/mol. The molecule has 0 bridgehead atoms. The first kappa shape index (κ1) is 17.1. The van der Waals surface area contributed by atoms with E-state index in [1.807, 2.05) is 0 Å². The SMILES string of the molecule is CCc1c(C)[nH]c2c1/C(=N/OC(=O)Nc1ccc(OC)cc1)CCC2. The zero-order chi connectivity index (χ0) is 17.8. The number of H-pyrrole nitrogens is 1. The zero-order valence-corrected chi connectivity index (χ0v) is 14.8. The fraction of sp³-hybridized carbons (Fsp3) is 0.368. The van der Waals surface area contributed by atoms with Gasteiger partial charge in [-0.1, -0.05) is 12.1 Å². The van der Waals surface area contributed by atoms with Crippen LogP contribution in [0.25, 0.3) is 0 Å². The first-order chi connectivity index (χ1) is 12.1. The number of aryl methyl sites for hydroxylation is 2. The van der Waals surface area contributed by atoms with Gasteiger partial charge >= 0.3 is 6.09 Å². The van der Waals surface area contributed by atoms with Crippen molar-refractivity contribution < 1.29 is 14.4 Å². The Morgan fingerprint density at radius 2 is 2.04 bits per heavy atom. The number of amides is 1. The minimum absolute atomic E-state index is 0.602. The molecule has 2 aromatic rings. The van der Waals surface area contributed by atoms with Crippen LogP contribution in [0.4, 0.5) is 10.5 Å². The largest absolute Gasteiger partial charge is 0.497 e. The standard InChI is InChI=1S/C19H23N3O3/c1-4-15-12(2)20-16-6-5-7-17(18(15)16)22-25-19(23)21-13-8-10-14(24-3)11-9-13/h8-11,20H,4-7H2,1-3H3,(H,21,23)/b22-17+. The number of aromatic nitrogens is 1. The molecule has 0 unspecified atom stereocenters. The first-order valence-electron chi connectivity index (χ1n) is 8.52. The van der Waals surface area contributed by atoms with E-state index in [-0.39, 0.29) is 0 Å². The molecule has 1 aromatic carbocycles. The number of benzene rings is 1. The fourth-order valence-electron chi connectivity index (χ4n) is 3.27. The van der Waals surface area contributed by atoms with Gasteiger partial charge in [-0.3, -0.25) is 10.2 Å². The van der Waals surface area contributed by atoms with E-state index in [0.29, 0.717) is 5.69 Å². The second kappa shape index (κ2) is 7.42. The van der Waals surface area contributed by atoms with Crippen LogP contribution < -0.4 is 10.1 Å². The third kappa shape index (κ3) is 3.68. The van der Waals surface area contributed by atoms with E-state index in [1.54, 1.807) is 31.4 Å². The number of carbonyl (C=O) groups excluding carboxylic acids is 1. The maximum Gasteiger partial charge on any atom is 0.437 e. The van der Waals surface area contributed by atoms with E-state index in [0.717, 1.165) is 42.7 Å². The summed E-state index contributed by atoms with van der Waals surface area (Å²) in [6.45, 7) is 4.20. The summed E-state index contributed by atoms with van der Waals surface area (Å²) in [5.74, 6) is 0.726. The van der Waals surface area contributed by atoms with Crippen LogP contribution in [-0.2, 0) is 17.7 Å².